The van der Waals surface area contributed by atoms with Crippen LogP contribution in [0.1, 0.15) is 28.2 Å². The van der Waals surface area contributed by atoms with Gasteiger partial charge >= 0.3 is 0 Å². The van der Waals surface area contributed by atoms with Gasteiger partial charge in [-0.1, -0.05) is 36.4 Å². The first-order chi connectivity index (χ1) is 12.7. The highest BCUT2D eigenvalue weighted by Gasteiger charge is 2.26. The Balaban J connectivity index is 1.79. The Kier molecular flexibility index (Phi) is 4.18. The number of aryl methyl sites for hydroxylation is 2. The molecule has 0 radical (unpaired) electrons. The normalized spacial score (nSPS) is 11.2. The summed E-state index contributed by atoms with van der Waals surface area (Å²) in [4.78, 5) is 0. The molecule has 8 nitrogen and oxygen atoms in total. The van der Waals surface area contributed by atoms with E-state index in [-0.39, 0.29) is 0 Å². The molecule has 0 fully saturated rings. The molecule has 0 aliphatic rings. The molecule has 0 atom stereocenters. The summed E-state index contributed by atoms with van der Waals surface area (Å²) in [5.41, 5.74) is 3.77. The second-order valence-electron chi connectivity index (χ2n) is 5.83. The van der Waals surface area contributed by atoms with Gasteiger partial charge in [0.15, 0.2) is 17.0 Å². The smallest absolute Gasteiger partial charge is 0.182 e. The zero-order valence-corrected chi connectivity index (χ0v) is 14.9. The molecule has 4 rings (SSSR count). The van der Waals surface area contributed by atoms with Gasteiger partial charge < -0.3 is 0 Å². The number of benzene rings is 2. The van der Waals surface area contributed by atoms with Gasteiger partial charge in [0, 0.05) is 0 Å². The summed E-state index contributed by atoms with van der Waals surface area (Å²) in [6, 6.07) is 15.6. The van der Waals surface area contributed by atoms with Crippen LogP contribution in [0.2, 0.25) is 0 Å². The molecule has 0 spiro atoms. The number of halogens is 1. The summed E-state index contributed by atoms with van der Waals surface area (Å²) < 4.78 is 3.23. The van der Waals surface area contributed by atoms with Crippen molar-refractivity contribution in [2.24, 2.45) is 0 Å². The number of para-hydroxylation sites is 2. The van der Waals surface area contributed by atoms with E-state index in [0.29, 0.717) is 11.6 Å². The van der Waals surface area contributed by atoms with Crippen molar-refractivity contribution in [1.29, 1.82) is 0 Å². The lowest BCUT2D eigenvalue weighted by molar-refractivity contribution is 0.727. The van der Waals surface area contributed by atoms with Crippen molar-refractivity contribution < 1.29 is 0 Å². The Morgan fingerprint density at radius 1 is 0.731 bits per heavy atom. The van der Waals surface area contributed by atoms with Crippen LogP contribution in [0.3, 0.4) is 0 Å². The summed E-state index contributed by atoms with van der Waals surface area (Å²) >= 11 is 6.70. The molecule has 0 aliphatic carbocycles. The summed E-state index contributed by atoms with van der Waals surface area (Å²) in [7, 11) is 0. The number of nitrogens with zero attached hydrogens (tertiary/aromatic N) is 8. The van der Waals surface area contributed by atoms with Crippen LogP contribution >= 0.6 is 11.6 Å². The van der Waals surface area contributed by atoms with Crippen molar-refractivity contribution in [3.63, 3.8) is 0 Å². The maximum absolute atomic E-state index is 6.70. The molecule has 9 heteroatoms. The van der Waals surface area contributed by atoms with Gasteiger partial charge in [-0.15, -0.1) is 21.8 Å². The zero-order chi connectivity index (χ0) is 18.1. The predicted molar refractivity (Wildman–Crippen MR) is 95.5 cm³/mol. The van der Waals surface area contributed by atoms with Gasteiger partial charge in [0.1, 0.15) is 0 Å². The highest BCUT2D eigenvalue weighted by molar-refractivity contribution is 6.22. The number of hydrogen-bond donors (Lipinski definition) is 0. The molecule has 0 unspecified atom stereocenters. The van der Waals surface area contributed by atoms with E-state index >= 15 is 0 Å². The molecule has 26 heavy (non-hydrogen) atoms. The molecule has 4 aromatic rings. The van der Waals surface area contributed by atoms with Crippen LogP contribution in [-0.4, -0.2) is 40.4 Å². The minimum Gasteiger partial charge on any atom is -0.195 e. The lowest BCUT2D eigenvalue weighted by Gasteiger charge is -2.12. The maximum atomic E-state index is 6.70. The van der Waals surface area contributed by atoms with Gasteiger partial charge in [-0.2, -0.15) is 9.36 Å². The second-order valence-corrected chi connectivity index (χ2v) is 6.27. The van der Waals surface area contributed by atoms with Crippen molar-refractivity contribution in [3.05, 3.63) is 71.3 Å². The third-order valence-corrected chi connectivity index (χ3v) is 4.52. The molecule has 0 saturated carbocycles. The Morgan fingerprint density at radius 2 is 1.15 bits per heavy atom. The molecule has 2 aromatic carbocycles. The highest BCUT2D eigenvalue weighted by atomic mass is 35.5. The largest absolute Gasteiger partial charge is 0.195 e. The SMILES string of the molecule is Cc1ccccc1-n1nnnc1C(Cl)c1nnnn1-c1ccccc1C. The number of hydrogen-bond acceptors (Lipinski definition) is 6. The summed E-state index contributed by atoms with van der Waals surface area (Å²) in [6.45, 7) is 3.98. The molecule has 2 aromatic heterocycles. The van der Waals surface area contributed by atoms with Crippen LogP contribution < -0.4 is 0 Å². The highest BCUT2D eigenvalue weighted by Crippen LogP contribution is 2.28. The number of alkyl halides is 1. The van der Waals surface area contributed by atoms with Gasteiger partial charge in [0.2, 0.25) is 0 Å². The molecular weight excluding hydrogens is 352 g/mol. The minimum absolute atomic E-state index is 0.450. The molecule has 0 saturated heterocycles. The first-order valence-electron chi connectivity index (χ1n) is 7.99. The van der Waals surface area contributed by atoms with Crippen molar-refractivity contribution >= 4 is 11.6 Å². The molecule has 2 heterocycles. The van der Waals surface area contributed by atoms with Crippen LogP contribution in [0, 0.1) is 13.8 Å². The quantitative estimate of drug-likeness (QED) is 0.516. The van der Waals surface area contributed by atoms with E-state index in [1.807, 2.05) is 62.4 Å². The number of aromatic nitrogens is 8. The van der Waals surface area contributed by atoms with Gasteiger partial charge in [-0.25, -0.2) is 0 Å². The molecule has 0 amide bonds. The Labute approximate surface area is 154 Å². The molecule has 0 aliphatic heterocycles. The average molecular weight is 367 g/mol. The fourth-order valence-electron chi connectivity index (χ4n) is 2.76. The summed E-state index contributed by atoms with van der Waals surface area (Å²) in [6.07, 6.45) is 0. The van der Waals surface area contributed by atoms with E-state index in [1.165, 1.54) is 0 Å². The van der Waals surface area contributed by atoms with Crippen LogP contribution in [-0.2, 0) is 0 Å². The lowest BCUT2D eigenvalue weighted by atomic mass is 10.2. The lowest BCUT2D eigenvalue weighted by Crippen LogP contribution is -2.13. The Bertz CT molecular complexity index is 970. The maximum Gasteiger partial charge on any atom is 0.182 e. The third-order valence-electron chi connectivity index (χ3n) is 4.13. The van der Waals surface area contributed by atoms with Gasteiger partial charge in [-0.05, 0) is 58.0 Å². The first kappa shape index (κ1) is 16.3. The Hall–Kier alpha value is -3.13. The van der Waals surface area contributed by atoms with Crippen molar-refractivity contribution in [2.45, 2.75) is 19.2 Å². The van der Waals surface area contributed by atoms with Crippen LogP contribution in [0.25, 0.3) is 11.4 Å². The van der Waals surface area contributed by atoms with Gasteiger partial charge in [0.05, 0.1) is 11.4 Å². The van der Waals surface area contributed by atoms with Crippen LogP contribution in [0.5, 0.6) is 0 Å². The Morgan fingerprint density at radius 3 is 1.58 bits per heavy atom. The van der Waals surface area contributed by atoms with Crippen LogP contribution in [0.4, 0.5) is 0 Å². The zero-order valence-electron chi connectivity index (χ0n) is 14.2. The fraction of sp³-hybridized carbons (Fsp3) is 0.176. The molecular formula is C17H15ClN8. The standard InChI is InChI=1S/C17H15ClN8/c1-11-7-3-5-9-13(11)25-16(19-21-23-25)15(18)17-20-22-24-26(17)14-10-6-4-8-12(14)2/h3-10,15H,1-2H3. The van der Waals surface area contributed by atoms with Gasteiger partial charge in [0.25, 0.3) is 0 Å². The van der Waals surface area contributed by atoms with E-state index in [2.05, 4.69) is 31.1 Å². The average Bonchev–Trinajstić information content (AvgIpc) is 3.31. The first-order valence-corrected chi connectivity index (χ1v) is 8.43. The van der Waals surface area contributed by atoms with Crippen molar-refractivity contribution in [2.75, 3.05) is 0 Å². The van der Waals surface area contributed by atoms with E-state index in [1.54, 1.807) is 9.36 Å². The summed E-state index contributed by atoms with van der Waals surface area (Å²) in [5, 5.41) is 23.3. The molecule has 0 N–H and O–H groups in total. The molecule has 0 bridgehead atoms. The van der Waals surface area contributed by atoms with E-state index in [0.717, 1.165) is 22.5 Å². The van der Waals surface area contributed by atoms with E-state index < -0.39 is 5.38 Å². The predicted octanol–water partition coefficient (Wildman–Crippen LogP) is 2.58. The van der Waals surface area contributed by atoms with Crippen molar-refractivity contribution in [1.82, 2.24) is 40.4 Å². The van der Waals surface area contributed by atoms with E-state index in [9.17, 15) is 0 Å². The monoisotopic (exact) mass is 366 g/mol. The number of rotatable bonds is 4. The number of tetrazole rings is 2. The third kappa shape index (κ3) is 2.74. The van der Waals surface area contributed by atoms with Gasteiger partial charge in [-0.3, -0.25) is 0 Å². The van der Waals surface area contributed by atoms with Crippen LogP contribution in [0.15, 0.2) is 48.5 Å². The summed E-state index contributed by atoms with van der Waals surface area (Å²) in [5.74, 6) is 0.899. The minimum atomic E-state index is -0.723. The topological polar surface area (TPSA) is 87.2 Å². The van der Waals surface area contributed by atoms with E-state index in [4.69, 9.17) is 11.6 Å². The fourth-order valence-corrected chi connectivity index (χ4v) is 3.04. The van der Waals surface area contributed by atoms with Crippen molar-refractivity contribution in [3.8, 4) is 11.4 Å². The molecule has 130 valence electrons. The second kappa shape index (κ2) is 6.64.